The first-order chi connectivity index (χ1) is 9.45. The molecule has 0 aliphatic rings. The molecule has 1 rings (SSSR count). The zero-order chi connectivity index (χ0) is 15.2. The van der Waals surface area contributed by atoms with Crippen LogP contribution < -0.4 is 15.5 Å². The number of ether oxygens (including phenoxy) is 1. The third-order valence-corrected chi connectivity index (χ3v) is 3.12. The summed E-state index contributed by atoms with van der Waals surface area (Å²) in [4.78, 5) is 15.2. The molecule has 7 nitrogen and oxygen atoms in total. The van der Waals surface area contributed by atoms with Gasteiger partial charge in [0.05, 0.1) is 5.60 Å². The van der Waals surface area contributed by atoms with Crippen molar-refractivity contribution in [3.05, 3.63) is 0 Å². The van der Waals surface area contributed by atoms with E-state index in [1.54, 1.807) is 14.2 Å². The second-order valence-electron chi connectivity index (χ2n) is 5.02. The van der Waals surface area contributed by atoms with Crippen molar-refractivity contribution in [2.24, 2.45) is 0 Å². The first-order valence-electron chi connectivity index (χ1n) is 6.93. The first-order valence-corrected chi connectivity index (χ1v) is 6.93. The van der Waals surface area contributed by atoms with Crippen LogP contribution >= 0.6 is 0 Å². The molecule has 0 radical (unpaired) electrons. The smallest absolute Gasteiger partial charge is 0.231 e. The van der Waals surface area contributed by atoms with E-state index in [-0.39, 0.29) is 5.60 Å². The van der Waals surface area contributed by atoms with Crippen LogP contribution in [-0.2, 0) is 4.74 Å². The minimum absolute atomic E-state index is 0.276. The van der Waals surface area contributed by atoms with Gasteiger partial charge in [-0.05, 0) is 27.7 Å². The molecule has 1 heterocycles. The number of nitrogens with zero attached hydrogens (tertiary/aromatic N) is 4. The Hall–Kier alpha value is -1.63. The van der Waals surface area contributed by atoms with E-state index < -0.39 is 0 Å². The van der Waals surface area contributed by atoms with Crippen LogP contribution in [0.1, 0.15) is 27.7 Å². The van der Waals surface area contributed by atoms with E-state index >= 15 is 0 Å². The number of methoxy groups -OCH3 is 1. The van der Waals surface area contributed by atoms with Crippen molar-refractivity contribution in [1.29, 1.82) is 0 Å². The van der Waals surface area contributed by atoms with Crippen molar-refractivity contribution < 1.29 is 4.74 Å². The standard InChI is InChI=1S/C13H26N6O/c1-7-19(8-2)12-17-10(14-5)16-11(18-12)15-9-13(3,4)20-6/h7-9H2,1-6H3,(H2,14,15,16,17,18). The molecule has 0 saturated heterocycles. The highest BCUT2D eigenvalue weighted by molar-refractivity contribution is 5.43. The molecular weight excluding hydrogens is 256 g/mol. The van der Waals surface area contributed by atoms with Gasteiger partial charge in [0.15, 0.2) is 0 Å². The molecule has 0 atom stereocenters. The molecule has 0 fully saturated rings. The summed E-state index contributed by atoms with van der Waals surface area (Å²) in [5.74, 6) is 1.78. The number of rotatable bonds is 8. The molecule has 20 heavy (non-hydrogen) atoms. The van der Waals surface area contributed by atoms with Crippen molar-refractivity contribution in [2.45, 2.75) is 33.3 Å². The number of hydrogen-bond donors (Lipinski definition) is 2. The monoisotopic (exact) mass is 282 g/mol. The zero-order valence-corrected chi connectivity index (χ0v) is 13.3. The molecule has 0 unspecified atom stereocenters. The van der Waals surface area contributed by atoms with Crippen molar-refractivity contribution in [2.75, 3.05) is 49.3 Å². The molecule has 1 aromatic rings. The van der Waals surface area contributed by atoms with Crippen LogP contribution in [0.4, 0.5) is 17.8 Å². The Labute approximate surface area is 121 Å². The van der Waals surface area contributed by atoms with E-state index in [9.17, 15) is 0 Å². The van der Waals surface area contributed by atoms with Gasteiger partial charge in [0.1, 0.15) is 0 Å². The van der Waals surface area contributed by atoms with Gasteiger partial charge in [-0.2, -0.15) is 15.0 Å². The maximum Gasteiger partial charge on any atom is 0.231 e. The summed E-state index contributed by atoms with van der Waals surface area (Å²) in [5.41, 5.74) is -0.276. The Morgan fingerprint density at radius 3 is 2.20 bits per heavy atom. The van der Waals surface area contributed by atoms with E-state index in [0.717, 1.165) is 13.1 Å². The molecule has 7 heteroatoms. The molecule has 0 aliphatic carbocycles. The van der Waals surface area contributed by atoms with Crippen molar-refractivity contribution in [3.63, 3.8) is 0 Å². The predicted octanol–water partition coefficient (Wildman–Crippen LogP) is 1.60. The molecular formula is C13H26N6O. The lowest BCUT2D eigenvalue weighted by atomic mass is 10.1. The molecule has 0 spiro atoms. The van der Waals surface area contributed by atoms with Crippen molar-refractivity contribution >= 4 is 17.8 Å². The van der Waals surface area contributed by atoms with Crippen LogP contribution in [0.3, 0.4) is 0 Å². The Balaban J connectivity index is 2.93. The highest BCUT2D eigenvalue weighted by atomic mass is 16.5. The molecule has 114 valence electrons. The molecule has 0 amide bonds. The van der Waals surface area contributed by atoms with Crippen LogP contribution in [0.5, 0.6) is 0 Å². The van der Waals surface area contributed by atoms with Gasteiger partial charge in [-0.25, -0.2) is 0 Å². The lowest BCUT2D eigenvalue weighted by Gasteiger charge is -2.24. The van der Waals surface area contributed by atoms with Gasteiger partial charge < -0.3 is 20.3 Å². The van der Waals surface area contributed by atoms with Crippen LogP contribution in [0.15, 0.2) is 0 Å². The Kier molecular flexibility index (Phi) is 5.94. The second kappa shape index (κ2) is 7.23. The molecule has 1 aromatic heterocycles. The average Bonchev–Trinajstić information content (AvgIpc) is 2.46. The fourth-order valence-electron chi connectivity index (χ4n) is 1.57. The van der Waals surface area contributed by atoms with E-state index in [4.69, 9.17) is 4.74 Å². The van der Waals surface area contributed by atoms with Gasteiger partial charge in [-0.1, -0.05) is 0 Å². The van der Waals surface area contributed by atoms with Crippen molar-refractivity contribution in [1.82, 2.24) is 15.0 Å². The lowest BCUT2D eigenvalue weighted by Crippen LogP contribution is -2.33. The number of nitrogens with one attached hydrogen (secondary N) is 2. The molecule has 0 saturated carbocycles. The van der Waals surface area contributed by atoms with E-state index in [1.807, 2.05) is 13.8 Å². The minimum Gasteiger partial charge on any atom is -0.377 e. The van der Waals surface area contributed by atoms with Gasteiger partial charge in [0.2, 0.25) is 17.8 Å². The summed E-state index contributed by atoms with van der Waals surface area (Å²) in [5, 5.41) is 6.16. The molecule has 0 aromatic carbocycles. The van der Waals surface area contributed by atoms with E-state index in [0.29, 0.717) is 24.4 Å². The number of hydrogen-bond acceptors (Lipinski definition) is 7. The van der Waals surface area contributed by atoms with Crippen LogP contribution in [0, 0.1) is 0 Å². The minimum atomic E-state index is -0.276. The molecule has 0 aliphatic heterocycles. The fraction of sp³-hybridized carbons (Fsp3) is 0.769. The van der Waals surface area contributed by atoms with Crippen LogP contribution in [0.25, 0.3) is 0 Å². The fourth-order valence-corrected chi connectivity index (χ4v) is 1.57. The van der Waals surface area contributed by atoms with Crippen molar-refractivity contribution in [3.8, 4) is 0 Å². The van der Waals surface area contributed by atoms with Gasteiger partial charge in [0.25, 0.3) is 0 Å². The Bertz CT molecular complexity index is 419. The van der Waals surface area contributed by atoms with Crippen LogP contribution in [-0.4, -0.2) is 54.3 Å². The van der Waals surface area contributed by atoms with Gasteiger partial charge >= 0.3 is 0 Å². The van der Waals surface area contributed by atoms with Gasteiger partial charge in [-0.15, -0.1) is 0 Å². The SMILES string of the molecule is CCN(CC)c1nc(NC)nc(NCC(C)(C)OC)n1. The highest BCUT2D eigenvalue weighted by Crippen LogP contribution is 2.14. The zero-order valence-electron chi connectivity index (χ0n) is 13.3. The quantitative estimate of drug-likeness (QED) is 0.750. The maximum atomic E-state index is 5.38. The maximum absolute atomic E-state index is 5.38. The number of anilines is 3. The molecule has 2 N–H and O–H groups in total. The van der Waals surface area contributed by atoms with E-state index in [2.05, 4.69) is 44.3 Å². The number of aromatic nitrogens is 3. The first kappa shape index (κ1) is 16.4. The molecule has 0 bridgehead atoms. The lowest BCUT2D eigenvalue weighted by molar-refractivity contribution is 0.0342. The summed E-state index contributed by atoms with van der Waals surface area (Å²) in [7, 11) is 3.49. The van der Waals surface area contributed by atoms with Gasteiger partial charge in [0, 0.05) is 33.8 Å². The third kappa shape index (κ3) is 4.48. The Morgan fingerprint density at radius 2 is 1.70 bits per heavy atom. The normalized spacial score (nSPS) is 11.3. The van der Waals surface area contributed by atoms with Crippen LogP contribution in [0.2, 0.25) is 0 Å². The van der Waals surface area contributed by atoms with E-state index in [1.165, 1.54) is 0 Å². The predicted molar refractivity (Wildman–Crippen MR) is 82.5 cm³/mol. The largest absolute Gasteiger partial charge is 0.377 e. The third-order valence-electron chi connectivity index (χ3n) is 3.12. The topological polar surface area (TPSA) is 75.2 Å². The summed E-state index contributed by atoms with van der Waals surface area (Å²) >= 11 is 0. The summed E-state index contributed by atoms with van der Waals surface area (Å²) in [6.45, 7) is 10.5. The second-order valence-corrected chi connectivity index (χ2v) is 5.02. The summed E-state index contributed by atoms with van der Waals surface area (Å²) < 4.78 is 5.38. The Morgan fingerprint density at radius 1 is 1.10 bits per heavy atom. The average molecular weight is 282 g/mol. The highest BCUT2D eigenvalue weighted by Gasteiger charge is 2.17. The summed E-state index contributed by atoms with van der Waals surface area (Å²) in [6, 6.07) is 0. The van der Waals surface area contributed by atoms with Gasteiger partial charge in [-0.3, -0.25) is 0 Å². The summed E-state index contributed by atoms with van der Waals surface area (Å²) in [6.07, 6.45) is 0.